The van der Waals surface area contributed by atoms with Crippen molar-refractivity contribution in [2.45, 2.75) is 31.8 Å². The minimum atomic E-state index is -0.402. The van der Waals surface area contributed by atoms with Crippen molar-refractivity contribution in [3.8, 4) is 22.8 Å². The van der Waals surface area contributed by atoms with E-state index in [2.05, 4.69) is 4.98 Å². The van der Waals surface area contributed by atoms with Crippen LogP contribution in [-0.4, -0.2) is 38.8 Å². The van der Waals surface area contributed by atoms with Crippen LogP contribution in [0.3, 0.4) is 0 Å². The molecule has 0 aliphatic carbocycles. The normalized spacial score (nSPS) is 18.5. The first-order valence-corrected chi connectivity index (χ1v) is 10.9. The van der Waals surface area contributed by atoms with Crippen LogP contribution in [0.2, 0.25) is 0 Å². The Hall–Kier alpha value is -3.49. The molecule has 7 nitrogen and oxygen atoms in total. The number of nitrogen functional groups attached to an aromatic ring is 1. The molecule has 0 spiro atoms. The molecule has 33 heavy (non-hydrogen) atoms. The van der Waals surface area contributed by atoms with Crippen LogP contribution in [0, 0.1) is 12.7 Å². The first-order valence-electron chi connectivity index (χ1n) is 10.9. The van der Waals surface area contributed by atoms with E-state index in [1.54, 1.807) is 30.5 Å². The predicted octanol–water partition coefficient (Wildman–Crippen LogP) is 4.47. The molecule has 170 valence electrons. The lowest BCUT2D eigenvalue weighted by atomic mass is 9.98. The molecule has 1 aliphatic heterocycles. The summed E-state index contributed by atoms with van der Waals surface area (Å²) in [5, 5.41) is 9.35. The molecule has 2 aromatic heterocycles. The Morgan fingerprint density at radius 1 is 1.21 bits per heavy atom. The summed E-state index contributed by atoms with van der Waals surface area (Å²) in [6, 6.07) is 12.2. The zero-order valence-corrected chi connectivity index (χ0v) is 18.2. The summed E-state index contributed by atoms with van der Waals surface area (Å²) >= 11 is 0. The number of aliphatic hydroxyl groups excluding tert-OH is 1. The summed E-state index contributed by atoms with van der Waals surface area (Å²) < 4.78 is 27.6. The van der Waals surface area contributed by atoms with Crippen LogP contribution in [0.25, 0.3) is 16.8 Å². The average Bonchev–Trinajstić information content (AvgIpc) is 3.22. The van der Waals surface area contributed by atoms with E-state index in [4.69, 9.17) is 20.2 Å². The summed E-state index contributed by atoms with van der Waals surface area (Å²) in [5.41, 5.74) is 9.37. The highest BCUT2D eigenvalue weighted by molar-refractivity contribution is 5.85. The first-order chi connectivity index (χ1) is 16.0. The second-order valence-corrected chi connectivity index (χ2v) is 8.32. The zero-order valence-electron chi connectivity index (χ0n) is 18.2. The molecule has 0 saturated carbocycles. The van der Waals surface area contributed by atoms with Gasteiger partial charge in [0.1, 0.15) is 28.6 Å². The minimum absolute atomic E-state index is 0.0259. The molecule has 0 bridgehead atoms. The number of benzene rings is 2. The highest BCUT2D eigenvalue weighted by atomic mass is 19.1. The molecule has 1 fully saturated rings. The van der Waals surface area contributed by atoms with Gasteiger partial charge in [0.15, 0.2) is 11.6 Å². The van der Waals surface area contributed by atoms with Gasteiger partial charge in [0, 0.05) is 23.9 Å². The van der Waals surface area contributed by atoms with Crippen molar-refractivity contribution in [3.05, 3.63) is 72.1 Å². The summed E-state index contributed by atoms with van der Waals surface area (Å²) in [5.74, 6) is 1.62. The molecule has 5 rings (SSSR count). The fraction of sp³-hybridized carbons (Fsp3) is 0.280. The lowest BCUT2D eigenvalue weighted by molar-refractivity contribution is -0.0282. The third-order valence-corrected chi connectivity index (χ3v) is 5.99. The van der Waals surface area contributed by atoms with Crippen molar-refractivity contribution >= 4 is 11.3 Å². The maximum Gasteiger partial charge on any atom is 0.165 e. The average molecular weight is 448 g/mol. The van der Waals surface area contributed by atoms with Gasteiger partial charge in [-0.2, -0.15) is 0 Å². The van der Waals surface area contributed by atoms with Crippen LogP contribution in [0.15, 0.2) is 54.9 Å². The second kappa shape index (κ2) is 8.80. The van der Waals surface area contributed by atoms with Crippen LogP contribution in [0.4, 0.5) is 10.2 Å². The molecule has 2 atom stereocenters. The van der Waals surface area contributed by atoms with E-state index in [9.17, 15) is 9.50 Å². The number of ether oxygens (including phenoxy) is 2. The molecule has 3 heterocycles. The molecule has 0 radical (unpaired) electrons. The Labute approximate surface area is 190 Å². The Bertz CT molecular complexity index is 1280. The van der Waals surface area contributed by atoms with Crippen LogP contribution in [-0.2, 0) is 4.74 Å². The number of rotatable bonds is 5. The summed E-state index contributed by atoms with van der Waals surface area (Å²) in [4.78, 5) is 9.19. The highest BCUT2D eigenvalue weighted by Gasteiger charge is 2.27. The van der Waals surface area contributed by atoms with Crippen molar-refractivity contribution in [1.82, 2.24) is 14.4 Å². The van der Waals surface area contributed by atoms with E-state index in [0.29, 0.717) is 23.9 Å². The molecule has 0 amide bonds. The van der Waals surface area contributed by atoms with Crippen molar-refractivity contribution in [1.29, 1.82) is 0 Å². The van der Waals surface area contributed by atoms with Gasteiger partial charge in [-0.05, 0) is 61.7 Å². The first kappa shape index (κ1) is 21.4. The van der Waals surface area contributed by atoms with Gasteiger partial charge >= 0.3 is 0 Å². The van der Waals surface area contributed by atoms with Crippen molar-refractivity contribution in [2.75, 3.05) is 18.9 Å². The zero-order chi connectivity index (χ0) is 22.9. The van der Waals surface area contributed by atoms with E-state index in [0.717, 1.165) is 35.3 Å². The van der Waals surface area contributed by atoms with Gasteiger partial charge in [0.2, 0.25) is 0 Å². The SMILES string of the molecule is Cc1ccc(Oc2ccc(-c3nc(C4CCC(CO)OC4)n4ccnc(N)c34)cc2)c(F)c1. The van der Waals surface area contributed by atoms with Crippen molar-refractivity contribution < 1.29 is 19.0 Å². The van der Waals surface area contributed by atoms with Gasteiger partial charge in [-0.15, -0.1) is 0 Å². The summed E-state index contributed by atoms with van der Waals surface area (Å²) in [7, 11) is 0. The molecule has 1 aliphatic rings. The van der Waals surface area contributed by atoms with Gasteiger partial charge < -0.3 is 20.3 Å². The highest BCUT2D eigenvalue weighted by Crippen LogP contribution is 2.35. The molecule has 4 aromatic rings. The molecular weight excluding hydrogens is 423 g/mol. The number of hydrogen-bond donors (Lipinski definition) is 2. The van der Waals surface area contributed by atoms with E-state index in [-0.39, 0.29) is 24.4 Å². The monoisotopic (exact) mass is 448 g/mol. The van der Waals surface area contributed by atoms with Crippen LogP contribution >= 0.6 is 0 Å². The molecule has 2 unspecified atom stereocenters. The number of fused-ring (bicyclic) bond motifs is 1. The number of imidazole rings is 1. The van der Waals surface area contributed by atoms with Crippen molar-refractivity contribution in [2.24, 2.45) is 0 Å². The number of anilines is 1. The lowest BCUT2D eigenvalue weighted by Crippen LogP contribution is -2.28. The van der Waals surface area contributed by atoms with Gasteiger partial charge in [0.05, 0.1) is 19.3 Å². The lowest BCUT2D eigenvalue weighted by Gasteiger charge is -2.27. The number of aryl methyl sites for hydroxylation is 1. The Balaban J connectivity index is 1.47. The van der Waals surface area contributed by atoms with Gasteiger partial charge in [-0.3, -0.25) is 4.40 Å². The number of nitrogens with zero attached hydrogens (tertiary/aromatic N) is 3. The van der Waals surface area contributed by atoms with Gasteiger partial charge in [0.25, 0.3) is 0 Å². The Morgan fingerprint density at radius 3 is 2.73 bits per heavy atom. The van der Waals surface area contributed by atoms with Gasteiger partial charge in [-0.25, -0.2) is 14.4 Å². The standard InChI is InChI=1S/C25H25FN4O3/c1-15-2-9-21(20(26)12-15)33-18-6-3-16(4-7-18)22-23-24(27)28-10-11-30(23)25(29-22)17-5-8-19(13-31)32-14-17/h2-4,6-7,9-12,17,19,31H,5,8,13-14H2,1H3,(H2,27,28). The number of hydrogen-bond acceptors (Lipinski definition) is 6. The molecule has 2 aromatic carbocycles. The molecule has 3 N–H and O–H groups in total. The van der Waals surface area contributed by atoms with Crippen LogP contribution in [0.1, 0.15) is 30.1 Å². The van der Waals surface area contributed by atoms with Crippen LogP contribution < -0.4 is 10.5 Å². The molecule has 1 saturated heterocycles. The third-order valence-electron chi connectivity index (χ3n) is 5.99. The van der Waals surface area contributed by atoms with Crippen LogP contribution in [0.5, 0.6) is 11.5 Å². The Kier molecular flexibility index (Phi) is 5.70. The maximum absolute atomic E-state index is 14.1. The minimum Gasteiger partial charge on any atom is -0.454 e. The third kappa shape index (κ3) is 4.15. The number of nitrogens with two attached hydrogens (primary N) is 1. The van der Waals surface area contributed by atoms with E-state index in [1.165, 1.54) is 6.07 Å². The largest absolute Gasteiger partial charge is 0.454 e. The molecule has 8 heteroatoms. The molecular formula is C25H25FN4O3. The Morgan fingerprint density at radius 2 is 2.03 bits per heavy atom. The summed E-state index contributed by atoms with van der Waals surface area (Å²) in [6.07, 6.45) is 5.02. The number of halogens is 1. The predicted molar refractivity (Wildman–Crippen MR) is 123 cm³/mol. The fourth-order valence-corrected chi connectivity index (χ4v) is 4.23. The maximum atomic E-state index is 14.1. The fourth-order valence-electron chi connectivity index (χ4n) is 4.23. The van der Waals surface area contributed by atoms with Crippen molar-refractivity contribution in [3.63, 3.8) is 0 Å². The number of aliphatic hydroxyl groups is 1. The van der Waals surface area contributed by atoms with Gasteiger partial charge in [-0.1, -0.05) is 6.07 Å². The topological polar surface area (TPSA) is 94.9 Å². The van der Waals surface area contributed by atoms with E-state index in [1.807, 2.05) is 29.7 Å². The van der Waals surface area contributed by atoms with E-state index < -0.39 is 5.82 Å². The number of aromatic nitrogens is 3. The van der Waals surface area contributed by atoms with E-state index >= 15 is 0 Å². The quantitative estimate of drug-likeness (QED) is 0.468. The smallest absolute Gasteiger partial charge is 0.165 e. The second-order valence-electron chi connectivity index (χ2n) is 8.32. The summed E-state index contributed by atoms with van der Waals surface area (Å²) in [6.45, 7) is 2.34.